The second-order valence-electron chi connectivity index (χ2n) is 14.1. The predicted octanol–water partition coefficient (Wildman–Crippen LogP) is 6.72. The van der Waals surface area contributed by atoms with Crippen molar-refractivity contribution in [2.24, 2.45) is 14.1 Å². The summed E-state index contributed by atoms with van der Waals surface area (Å²) in [4.78, 5) is 43.7. The second-order valence-corrected chi connectivity index (χ2v) is 17.7. The van der Waals surface area contributed by atoms with Crippen LogP contribution in [0.3, 0.4) is 0 Å². The van der Waals surface area contributed by atoms with Gasteiger partial charge in [-0.3, -0.25) is 18.7 Å². The Kier molecular flexibility index (Phi) is 14.8. The van der Waals surface area contributed by atoms with Crippen LogP contribution in [0.4, 0.5) is 11.9 Å². The van der Waals surface area contributed by atoms with Gasteiger partial charge < -0.3 is 16.0 Å². The van der Waals surface area contributed by atoms with Crippen molar-refractivity contribution < 1.29 is 8.42 Å². The Morgan fingerprint density at radius 1 is 0.695 bits per heavy atom. The molecule has 0 saturated carbocycles. The van der Waals surface area contributed by atoms with Crippen molar-refractivity contribution in [2.45, 2.75) is 37.8 Å². The highest BCUT2D eigenvalue weighted by atomic mass is 35.5. The van der Waals surface area contributed by atoms with Gasteiger partial charge in [-0.25, -0.2) is 22.7 Å². The maximum atomic E-state index is 12.9. The Labute approximate surface area is 362 Å². The Balaban J connectivity index is 0.000000188. The molecule has 0 unspecified atom stereocenters. The van der Waals surface area contributed by atoms with Crippen molar-refractivity contribution in [3.8, 4) is 22.3 Å². The van der Waals surface area contributed by atoms with Crippen LogP contribution in [0.5, 0.6) is 0 Å². The van der Waals surface area contributed by atoms with Crippen molar-refractivity contribution in [1.82, 2.24) is 38.7 Å². The minimum absolute atomic E-state index is 0.0693. The number of piperidine rings is 2. The van der Waals surface area contributed by atoms with Crippen molar-refractivity contribution in [1.29, 1.82) is 0 Å². The zero-order chi connectivity index (χ0) is 42.3. The third-order valence-corrected chi connectivity index (χ3v) is 12.1. The number of nitrogens with one attached hydrogen (secondary N) is 3. The summed E-state index contributed by atoms with van der Waals surface area (Å²) in [6.07, 6.45) is 8.06. The lowest BCUT2D eigenvalue weighted by molar-refractivity contribution is 0.331. The van der Waals surface area contributed by atoms with E-state index in [0.717, 1.165) is 36.7 Å². The fourth-order valence-electron chi connectivity index (χ4n) is 7.04. The molecule has 312 valence electrons. The molecule has 0 atom stereocenters. The van der Waals surface area contributed by atoms with E-state index in [1.54, 1.807) is 49.3 Å². The van der Waals surface area contributed by atoms with Crippen LogP contribution < -0.4 is 27.1 Å². The van der Waals surface area contributed by atoms with E-state index >= 15 is 0 Å². The molecule has 2 aromatic carbocycles. The standard InChI is InChI=1S/C20H22ClN5O3S.C19H20ClN5O.CH2Cl2/c1-25-18-13(11-16(19(25)27)15-5-3-4-6-17(15)21)12-22-20(24-18)23-14-7-9-26(10-8-14)30(2,28)29;1-25-17-12(10-15(18(25)26)14-4-2-3-5-16(14)20)11-22-19(24-17)23-13-6-8-21-9-7-13;2-1-3/h3-6,11-12,14H,7-10H2,1-2H3,(H,22,23,24);2-5,10-11,13,21H,6-9H2,1H3,(H,22,23,24);1H2. The third-order valence-electron chi connectivity index (χ3n) is 10.2. The minimum Gasteiger partial charge on any atom is -0.351 e. The van der Waals surface area contributed by atoms with Crippen molar-refractivity contribution >= 4 is 90.4 Å². The molecule has 8 rings (SSSR count). The maximum absolute atomic E-state index is 12.9. The van der Waals surface area contributed by atoms with Gasteiger partial charge in [-0.05, 0) is 63.0 Å². The molecule has 6 heterocycles. The number of fused-ring (bicyclic) bond motifs is 2. The molecule has 0 radical (unpaired) electrons. The van der Waals surface area contributed by atoms with Crippen LogP contribution >= 0.6 is 46.4 Å². The number of anilines is 2. The van der Waals surface area contributed by atoms with E-state index in [1.807, 2.05) is 42.5 Å². The van der Waals surface area contributed by atoms with Gasteiger partial charge in [0.05, 0.1) is 11.6 Å². The summed E-state index contributed by atoms with van der Waals surface area (Å²) in [7, 11) is 0.237. The Hall–Kier alpha value is -4.35. The summed E-state index contributed by atoms with van der Waals surface area (Å²) < 4.78 is 27.8. The van der Waals surface area contributed by atoms with Gasteiger partial charge in [0.25, 0.3) is 11.1 Å². The molecule has 2 fully saturated rings. The predicted molar refractivity (Wildman–Crippen MR) is 240 cm³/mol. The molecule has 3 N–H and O–H groups in total. The number of sulfonamides is 1. The molecule has 0 bridgehead atoms. The molecule has 2 saturated heterocycles. The van der Waals surface area contributed by atoms with Gasteiger partial charge in [0.2, 0.25) is 21.9 Å². The van der Waals surface area contributed by atoms with Crippen molar-refractivity contribution in [3.05, 3.63) is 104 Å². The number of pyridine rings is 2. The summed E-state index contributed by atoms with van der Waals surface area (Å²) in [6, 6.07) is 18.5. The maximum Gasteiger partial charge on any atom is 0.259 e. The summed E-state index contributed by atoms with van der Waals surface area (Å²) in [6.45, 7) is 2.91. The molecule has 0 aliphatic carbocycles. The van der Waals surface area contributed by atoms with E-state index in [2.05, 4.69) is 35.9 Å². The molecule has 2 aliphatic heterocycles. The van der Waals surface area contributed by atoms with Gasteiger partial charge >= 0.3 is 0 Å². The van der Waals surface area contributed by atoms with E-state index in [9.17, 15) is 18.0 Å². The van der Waals surface area contributed by atoms with Crippen LogP contribution in [0.1, 0.15) is 25.7 Å². The number of rotatable bonds is 7. The molecule has 4 aromatic heterocycles. The monoisotopic (exact) mass is 900 g/mol. The highest BCUT2D eigenvalue weighted by Crippen LogP contribution is 2.29. The molecule has 6 aromatic rings. The zero-order valence-electron chi connectivity index (χ0n) is 32.6. The number of benzene rings is 2. The smallest absolute Gasteiger partial charge is 0.259 e. The number of hydrogen-bond donors (Lipinski definition) is 3. The molecule has 19 heteroatoms. The van der Waals surface area contributed by atoms with Gasteiger partial charge in [0, 0.05) is 94.7 Å². The molecule has 14 nitrogen and oxygen atoms in total. The summed E-state index contributed by atoms with van der Waals surface area (Å²) in [5, 5.41) is 12.8. The van der Waals surface area contributed by atoms with Gasteiger partial charge in [0.15, 0.2) is 0 Å². The zero-order valence-corrected chi connectivity index (χ0v) is 36.5. The molecule has 0 amide bonds. The minimum atomic E-state index is -3.16. The van der Waals surface area contributed by atoms with Gasteiger partial charge in [-0.2, -0.15) is 9.97 Å². The second kappa shape index (κ2) is 19.8. The lowest BCUT2D eigenvalue weighted by Gasteiger charge is -2.30. The van der Waals surface area contributed by atoms with Crippen LogP contribution in [-0.4, -0.2) is 91.7 Å². The van der Waals surface area contributed by atoms with Crippen molar-refractivity contribution in [3.63, 3.8) is 0 Å². The Bertz CT molecular complexity index is 2670. The van der Waals surface area contributed by atoms with Crippen molar-refractivity contribution in [2.75, 3.05) is 48.4 Å². The number of aryl methyl sites for hydroxylation is 2. The average Bonchev–Trinajstić information content (AvgIpc) is 3.22. The topological polar surface area (TPSA) is 169 Å². The SMILES string of the molecule is ClCCl.Cn1c(=O)c(-c2ccccc2Cl)cc2cnc(NC3CCN(S(C)(=O)=O)CC3)nc21.Cn1c(=O)c(-c2ccccc2Cl)cc2cnc(NC3CCNCC3)nc21. The molecule has 0 spiro atoms. The third kappa shape index (κ3) is 10.7. The van der Waals surface area contributed by atoms with E-state index in [4.69, 9.17) is 46.4 Å². The normalized spacial score (nSPS) is 15.2. The first kappa shape index (κ1) is 44.2. The highest BCUT2D eigenvalue weighted by Gasteiger charge is 2.25. The number of hydrogen-bond acceptors (Lipinski definition) is 11. The van der Waals surface area contributed by atoms with Crippen LogP contribution in [0.15, 0.2) is 82.6 Å². The van der Waals surface area contributed by atoms with E-state index < -0.39 is 10.0 Å². The molecule has 59 heavy (non-hydrogen) atoms. The van der Waals surface area contributed by atoms with E-state index in [0.29, 0.717) is 87.5 Å². The number of halogens is 4. The lowest BCUT2D eigenvalue weighted by atomic mass is 10.1. The van der Waals surface area contributed by atoms with E-state index in [-0.39, 0.29) is 22.5 Å². The largest absolute Gasteiger partial charge is 0.351 e. The summed E-state index contributed by atoms with van der Waals surface area (Å²) in [5.41, 5.74) is 3.23. The first-order chi connectivity index (χ1) is 28.3. The summed E-state index contributed by atoms with van der Waals surface area (Å²) >= 11 is 22.1. The van der Waals surface area contributed by atoms with E-state index in [1.165, 1.54) is 15.1 Å². The molecule has 2 aliphatic rings. The van der Waals surface area contributed by atoms with Crippen LogP contribution in [0, 0.1) is 0 Å². The number of alkyl halides is 2. The quantitative estimate of drug-likeness (QED) is 0.146. The lowest BCUT2D eigenvalue weighted by Crippen LogP contribution is -2.42. The number of nitrogens with zero attached hydrogens (tertiary/aromatic N) is 7. The molecular weight excluding hydrogens is 858 g/mol. The first-order valence-electron chi connectivity index (χ1n) is 18.8. The van der Waals surface area contributed by atoms with Gasteiger partial charge in [-0.15, -0.1) is 23.2 Å². The number of aromatic nitrogens is 6. The Morgan fingerprint density at radius 2 is 1.10 bits per heavy atom. The fraction of sp³-hybridized carbons (Fsp3) is 0.350. The summed E-state index contributed by atoms with van der Waals surface area (Å²) in [5.74, 6) is 0.977. The van der Waals surface area contributed by atoms with Crippen LogP contribution in [0.2, 0.25) is 10.0 Å². The Morgan fingerprint density at radius 3 is 1.51 bits per heavy atom. The first-order valence-corrected chi connectivity index (χ1v) is 22.5. The highest BCUT2D eigenvalue weighted by molar-refractivity contribution is 7.88. The van der Waals surface area contributed by atoms with Gasteiger partial charge in [-0.1, -0.05) is 59.6 Å². The fourth-order valence-corrected chi connectivity index (χ4v) is 8.39. The molecular formula is C40H44Cl4N10O4S. The van der Waals surface area contributed by atoms with Crippen LogP contribution in [0.25, 0.3) is 44.3 Å². The average molecular weight is 903 g/mol. The van der Waals surface area contributed by atoms with Gasteiger partial charge in [0.1, 0.15) is 11.3 Å². The van der Waals surface area contributed by atoms with Crippen LogP contribution in [-0.2, 0) is 24.1 Å².